The van der Waals surface area contributed by atoms with E-state index in [-0.39, 0.29) is 19.1 Å². The van der Waals surface area contributed by atoms with Crippen molar-refractivity contribution >= 4 is 5.91 Å². The molecule has 0 bridgehead atoms. The second-order valence-corrected chi connectivity index (χ2v) is 4.55. The van der Waals surface area contributed by atoms with Crippen LogP contribution in [-0.4, -0.2) is 25.7 Å². The number of nitrogens with one attached hydrogen (secondary N) is 1. The van der Waals surface area contributed by atoms with Crippen LogP contribution >= 0.6 is 0 Å². The molecule has 0 spiro atoms. The molecule has 2 rings (SSSR count). The highest BCUT2D eigenvalue weighted by Gasteiger charge is 2.46. The number of hydrogen-bond donors (Lipinski definition) is 1. The van der Waals surface area contributed by atoms with Gasteiger partial charge < -0.3 is 10.1 Å². The molecule has 0 atom stereocenters. The predicted molar refractivity (Wildman–Crippen MR) is 53.8 cm³/mol. The summed E-state index contributed by atoms with van der Waals surface area (Å²) in [5.74, 6) is 0.467. The molecule has 1 aliphatic heterocycles. The van der Waals surface area contributed by atoms with Gasteiger partial charge in [0.15, 0.2) is 5.41 Å². The average molecular weight is 208 g/mol. The first-order chi connectivity index (χ1) is 7.27. The van der Waals surface area contributed by atoms with Gasteiger partial charge in [0, 0.05) is 6.54 Å². The van der Waals surface area contributed by atoms with Gasteiger partial charge in [0.25, 0.3) is 0 Å². The lowest BCUT2D eigenvalue weighted by Crippen LogP contribution is -2.53. The van der Waals surface area contributed by atoms with Crippen molar-refractivity contribution in [1.29, 1.82) is 5.26 Å². The van der Waals surface area contributed by atoms with Gasteiger partial charge in [-0.2, -0.15) is 5.26 Å². The number of hydrogen-bond acceptors (Lipinski definition) is 3. The molecule has 15 heavy (non-hydrogen) atoms. The molecular weight excluding hydrogens is 192 g/mol. The summed E-state index contributed by atoms with van der Waals surface area (Å²) >= 11 is 0. The molecule has 1 aliphatic carbocycles. The molecule has 0 aromatic carbocycles. The van der Waals surface area contributed by atoms with E-state index in [4.69, 9.17) is 10.00 Å². The zero-order valence-electron chi connectivity index (χ0n) is 8.79. The highest BCUT2D eigenvalue weighted by atomic mass is 16.5. The molecule has 1 heterocycles. The third-order valence-electron chi connectivity index (χ3n) is 3.37. The molecule has 4 heteroatoms. The number of amides is 1. The minimum absolute atomic E-state index is 0.150. The summed E-state index contributed by atoms with van der Waals surface area (Å²) in [6.45, 7) is 1.22. The van der Waals surface area contributed by atoms with E-state index < -0.39 is 5.41 Å². The van der Waals surface area contributed by atoms with Crippen LogP contribution in [0.2, 0.25) is 0 Å². The largest absolute Gasteiger partial charge is 0.377 e. The van der Waals surface area contributed by atoms with Crippen molar-refractivity contribution in [3.63, 3.8) is 0 Å². The van der Waals surface area contributed by atoms with Gasteiger partial charge in [-0.3, -0.25) is 4.79 Å². The van der Waals surface area contributed by atoms with E-state index in [9.17, 15) is 4.79 Å². The van der Waals surface area contributed by atoms with Gasteiger partial charge in [-0.15, -0.1) is 0 Å². The Hall–Kier alpha value is -1.08. The van der Waals surface area contributed by atoms with Crippen LogP contribution in [0.5, 0.6) is 0 Å². The van der Waals surface area contributed by atoms with Crippen molar-refractivity contribution in [3.05, 3.63) is 0 Å². The van der Waals surface area contributed by atoms with E-state index in [1.54, 1.807) is 0 Å². The van der Waals surface area contributed by atoms with Crippen molar-refractivity contribution in [3.8, 4) is 6.07 Å². The first-order valence-corrected chi connectivity index (χ1v) is 5.54. The van der Waals surface area contributed by atoms with Crippen LogP contribution < -0.4 is 5.32 Å². The Balaban J connectivity index is 1.79. The molecule has 82 valence electrons. The third kappa shape index (κ3) is 1.98. The topological polar surface area (TPSA) is 62.1 Å². The standard InChI is InChI=1S/C11H16N2O2/c12-6-11(7-15-8-11)10(14)13-5-9-3-1-2-4-9/h9H,1-5,7-8H2,(H,13,14). The fourth-order valence-electron chi connectivity index (χ4n) is 2.17. The Bertz CT molecular complexity index is 285. The summed E-state index contributed by atoms with van der Waals surface area (Å²) in [4.78, 5) is 11.7. The molecule has 2 fully saturated rings. The maximum Gasteiger partial charge on any atom is 0.245 e. The summed E-state index contributed by atoms with van der Waals surface area (Å²) in [5.41, 5.74) is -0.890. The monoisotopic (exact) mass is 208 g/mol. The second-order valence-electron chi connectivity index (χ2n) is 4.55. The summed E-state index contributed by atoms with van der Waals surface area (Å²) in [6, 6.07) is 2.05. The number of carbonyl (C=O) groups excluding carboxylic acids is 1. The van der Waals surface area contributed by atoms with Crippen LogP contribution in [-0.2, 0) is 9.53 Å². The molecule has 0 unspecified atom stereocenters. The zero-order valence-corrected chi connectivity index (χ0v) is 8.79. The SMILES string of the molecule is N#CC1(C(=O)NCC2CCCC2)COC1. The number of nitriles is 1. The molecular formula is C11H16N2O2. The summed E-state index contributed by atoms with van der Waals surface area (Å²) in [7, 11) is 0. The predicted octanol–water partition coefficient (Wildman–Crippen LogP) is 0.833. The van der Waals surface area contributed by atoms with Gasteiger partial charge in [-0.1, -0.05) is 12.8 Å². The Morgan fingerprint density at radius 2 is 2.13 bits per heavy atom. The molecule has 1 N–H and O–H groups in total. The quantitative estimate of drug-likeness (QED) is 0.747. The molecule has 0 aromatic rings. The summed E-state index contributed by atoms with van der Waals surface area (Å²) < 4.78 is 4.94. The Morgan fingerprint density at radius 1 is 1.47 bits per heavy atom. The smallest absolute Gasteiger partial charge is 0.245 e. The molecule has 0 aromatic heterocycles. The Labute approximate surface area is 89.6 Å². The lowest BCUT2D eigenvalue weighted by Gasteiger charge is -2.33. The maximum atomic E-state index is 11.7. The van der Waals surface area contributed by atoms with Gasteiger partial charge in [-0.25, -0.2) is 0 Å². The third-order valence-corrected chi connectivity index (χ3v) is 3.37. The first kappa shape index (κ1) is 10.4. The van der Waals surface area contributed by atoms with E-state index in [1.165, 1.54) is 25.7 Å². The van der Waals surface area contributed by atoms with Crippen LogP contribution in [0, 0.1) is 22.7 Å². The highest BCUT2D eigenvalue weighted by molar-refractivity contribution is 5.86. The Kier molecular flexibility index (Phi) is 2.92. The zero-order chi connectivity index (χ0) is 10.7. The number of carbonyl (C=O) groups is 1. The molecule has 1 saturated carbocycles. The number of nitrogens with zero attached hydrogens (tertiary/aromatic N) is 1. The van der Waals surface area contributed by atoms with Gasteiger partial charge >= 0.3 is 0 Å². The van der Waals surface area contributed by atoms with E-state index in [1.807, 2.05) is 0 Å². The van der Waals surface area contributed by atoms with E-state index in [0.717, 1.165) is 6.54 Å². The molecule has 2 aliphatic rings. The molecule has 1 saturated heterocycles. The van der Waals surface area contributed by atoms with E-state index in [0.29, 0.717) is 5.92 Å². The molecule has 1 amide bonds. The maximum absolute atomic E-state index is 11.7. The minimum Gasteiger partial charge on any atom is -0.377 e. The lowest BCUT2D eigenvalue weighted by molar-refractivity contribution is -0.150. The highest BCUT2D eigenvalue weighted by Crippen LogP contribution is 2.28. The van der Waals surface area contributed by atoms with Crippen LogP contribution in [0.15, 0.2) is 0 Å². The van der Waals surface area contributed by atoms with Crippen molar-refractivity contribution in [2.75, 3.05) is 19.8 Å². The fraction of sp³-hybridized carbons (Fsp3) is 0.818. The van der Waals surface area contributed by atoms with Crippen LogP contribution in [0.1, 0.15) is 25.7 Å². The first-order valence-electron chi connectivity index (χ1n) is 5.54. The average Bonchev–Trinajstić information content (AvgIpc) is 2.66. The van der Waals surface area contributed by atoms with Gasteiger partial charge in [0.05, 0.1) is 19.3 Å². The fourth-order valence-corrected chi connectivity index (χ4v) is 2.17. The van der Waals surface area contributed by atoms with Crippen molar-refractivity contribution in [2.24, 2.45) is 11.3 Å². The summed E-state index contributed by atoms with van der Waals surface area (Å²) in [5, 5.41) is 11.8. The minimum atomic E-state index is -0.890. The van der Waals surface area contributed by atoms with Gasteiger partial charge in [0.1, 0.15) is 0 Å². The van der Waals surface area contributed by atoms with Crippen LogP contribution in [0.3, 0.4) is 0 Å². The van der Waals surface area contributed by atoms with E-state index in [2.05, 4.69) is 11.4 Å². The molecule has 0 radical (unpaired) electrons. The normalized spacial score (nSPS) is 24.2. The van der Waals surface area contributed by atoms with Gasteiger partial charge in [-0.05, 0) is 18.8 Å². The lowest BCUT2D eigenvalue weighted by atomic mass is 9.86. The Morgan fingerprint density at radius 3 is 2.60 bits per heavy atom. The number of ether oxygens (including phenoxy) is 1. The second kappa shape index (κ2) is 4.19. The van der Waals surface area contributed by atoms with Crippen molar-refractivity contribution in [2.45, 2.75) is 25.7 Å². The van der Waals surface area contributed by atoms with Crippen molar-refractivity contribution < 1.29 is 9.53 Å². The number of rotatable bonds is 3. The van der Waals surface area contributed by atoms with Crippen molar-refractivity contribution in [1.82, 2.24) is 5.32 Å². The van der Waals surface area contributed by atoms with Gasteiger partial charge in [0.2, 0.25) is 5.91 Å². The van der Waals surface area contributed by atoms with Crippen LogP contribution in [0.4, 0.5) is 0 Å². The van der Waals surface area contributed by atoms with Crippen LogP contribution in [0.25, 0.3) is 0 Å². The molecule has 4 nitrogen and oxygen atoms in total. The van der Waals surface area contributed by atoms with E-state index >= 15 is 0 Å². The summed E-state index contributed by atoms with van der Waals surface area (Å²) in [6.07, 6.45) is 4.95.